The lowest BCUT2D eigenvalue weighted by Crippen LogP contribution is -2.31. The molecule has 3 aromatic rings. The van der Waals surface area contributed by atoms with E-state index in [1.165, 1.54) is 0 Å². The molecule has 2 N–H and O–H groups in total. The molecule has 2 atom stereocenters. The van der Waals surface area contributed by atoms with Crippen LogP contribution < -0.4 is 10.1 Å². The van der Waals surface area contributed by atoms with E-state index in [4.69, 9.17) is 19.2 Å². The highest BCUT2D eigenvalue weighted by atomic mass is 16.5. The number of hydrogen-bond acceptors (Lipinski definition) is 6. The molecule has 1 unspecified atom stereocenters. The van der Waals surface area contributed by atoms with Crippen molar-refractivity contribution in [3.05, 3.63) is 40.7 Å². The molecule has 1 fully saturated rings. The second-order valence-corrected chi connectivity index (χ2v) is 10.7. The monoisotopic (exact) mass is 493 g/mol. The summed E-state index contributed by atoms with van der Waals surface area (Å²) >= 11 is 0. The number of carboxylic acids is 1. The number of aromatic nitrogens is 2. The minimum Gasteiger partial charge on any atom is -0.490 e. The number of nitrogens with zero attached hydrogens (tertiary/aromatic N) is 2. The van der Waals surface area contributed by atoms with Crippen LogP contribution in [0.15, 0.2) is 18.2 Å². The Hall–Kier alpha value is -3.10. The van der Waals surface area contributed by atoms with Gasteiger partial charge in [-0.15, -0.1) is 0 Å². The zero-order valence-corrected chi connectivity index (χ0v) is 21.9. The number of nitrogens with one attached hydrogen (secondary N) is 1. The highest BCUT2D eigenvalue weighted by Gasteiger charge is 2.34. The summed E-state index contributed by atoms with van der Waals surface area (Å²) in [5.74, 6) is -0.242. The van der Waals surface area contributed by atoms with Gasteiger partial charge < -0.3 is 29.2 Å². The van der Waals surface area contributed by atoms with Crippen molar-refractivity contribution in [2.75, 3.05) is 25.1 Å². The maximum atomic E-state index is 12.6. The van der Waals surface area contributed by atoms with Gasteiger partial charge in [-0.05, 0) is 71.2 Å². The van der Waals surface area contributed by atoms with Crippen molar-refractivity contribution in [2.24, 2.45) is 0 Å². The molecule has 2 aromatic heterocycles. The number of aliphatic carboxylic acids is 1. The average molecular weight is 494 g/mol. The average Bonchev–Trinajstić information content (AvgIpc) is 3.02. The minimum atomic E-state index is -1.17. The van der Waals surface area contributed by atoms with E-state index in [-0.39, 0.29) is 6.10 Å². The Morgan fingerprint density at radius 1 is 1.28 bits per heavy atom. The topological polar surface area (TPSA) is 94.8 Å². The first-order valence-electron chi connectivity index (χ1n) is 12.6. The fourth-order valence-corrected chi connectivity index (χ4v) is 5.15. The second kappa shape index (κ2) is 9.09. The van der Waals surface area contributed by atoms with Crippen molar-refractivity contribution < 1.29 is 24.1 Å². The molecule has 192 valence electrons. The molecule has 0 saturated carbocycles. The molecular formula is C28H35N3O5. The number of pyridine rings is 1. The molecular weight excluding hydrogens is 458 g/mol. The van der Waals surface area contributed by atoms with Crippen LogP contribution in [0.3, 0.4) is 0 Å². The summed E-state index contributed by atoms with van der Waals surface area (Å²) < 4.78 is 19.9. The molecule has 1 saturated heterocycles. The number of hydrogen-bond donors (Lipinski definition) is 2. The Morgan fingerprint density at radius 3 is 2.67 bits per heavy atom. The van der Waals surface area contributed by atoms with Crippen LogP contribution in [0.1, 0.15) is 55.8 Å². The molecule has 1 aromatic carbocycles. The van der Waals surface area contributed by atoms with Gasteiger partial charge in [-0.1, -0.05) is 6.07 Å². The van der Waals surface area contributed by atoms with E-state index in [1.807, 2.05) is 45.9 Å². The van der Waals surface area contributed by atoms with E-state index in [1.54, 1.807) is 0 Å². The van der Waals surface area contributed by atoms with E-state index in [2.05, 4.69) is 23.7 Å². The van der Waals surface area contributed by atoms with Crippen molar-refractivity contribution in [2.45, 2.75) is 72.3 Å². The van der Waals surface area contributed by atoms with Crippen molar-refractivity contribution in [3.8, 4) is 16.9 Å². The van der Waals surface area contributed by atoms with Gasteiger partial charge >= 0.3 is 5.97 Å². The molecule has 0 spiro atoms. The highest BCUT2D eigenvalue weighted by molar-refractivity contribution is 6.01. The van der Waals surface area contributed by atoms with Crippen LogP contribution in [0.5, 0.6) is 5.75 Å². The first-order chi connectivity index (χ1) is 17.0. The maximum absolute atomic E-state index is 12.6. The molecule has 0 aliphatic carbocycles. The Balaban J connectivity index is 1.81. The number of carboxylic acid groups (broad SMARTS) is 1. The molecule has 2 aliphatic rings. The van der Waals surface area contributed by atoms with Crippen LogP contribution in [0, 0.1) is 20.8 Å². The summed E-state index contributed by atoms with van der Waals surface area (Å²) in [6, 6.07) is 5.99. The molecule has 2 aliphatic heterocycles. The van der Waals surface area contributed by atoms with Crippen LogP contribution in [0.25, 0.3) is 22.2 Å². The SMILES string of the molecule is Cc1nc2c(c(C)c(C)n2CC2CCO2)c(-c2ccc3c(c2)NCCO3)c1[C@H](OC(C)(C)C)C(=O)O. The zero-order chi connectivity index (χ0) is 25.8. The quantitative estimate of drug-likeness (QED) is 0.490. The normalized spacial score (nSPS) is 18.2. The van der Waals surface area contributed by atoms with Crippen LogP contribution in [-0.2, 0) is 20.8 Å². The Labute approximate surface area is 211 Å². The molecule has 36 heavy (non-hydrogen) atoms. The van der Waals surface area contributed by atoms with Gasteiger partial charge in [-0.25, -0.2) is 9.78 Å². The van der Waals surface area contributed by atoms with Crippen molar-refractivity contribution in [1.82, 2.24) is 9.55 Å². The Bertz CT molecular complexity index is 1330. The van der Waals surface area contributed by atoms with E-state index in [0.717, 1.165) is 71.0 Å². The van der Waals surface area contributed by atoms with Gasteiger partial charge in [0.05, 0.1) is 23.9 Å². The molecule has 8 heteroatoms. The van der Waals surface area contributed by atoms with Crippen LogP contribution in [0.4, 0.5) is 5.69 Å². The number of anilines is 1. The summed E-state index contributed by atoms with van der Waals surface area (Å²) in [6.45, 7) is 14.5. The lowest BCUT2D eigenvalue weighted by atomic mass is 9.90. The van der Waals surface area contributed by atoms with Gasteiger partial charge in [0.2, 0.25) is 0 Å². The summed E-state index contributed by atoms with van der Waals surface area (Å²) in [4.78, 5) is 17.6. The highest BCUT2D eigenvalue weighted by Crippen LogP contribution is 2.44. The van der Waals surface area contributed by atoms with Gasteiger partial charge in [-0.3, -0.25) is 0 Å². The molecule has 8 nitrogen and oxygen atoms in total. The van der Waals surface area contributed by atoms with Gasteiger partial charge in [-0.2, -0.15) is 0 Å². The molecule has 5 rings (SSSR count). The van der Waals surface area contributed by atoms with Crippen LogP contribution in [-0.4, -0.2) is 52.1 Å². The third-order valence-corrected chi connectivity index (χ3v) is 7.07. The third-order valence-electron chi connectivity index (χ3n) is 7.07. The number of rotatable bonds is 6. The number of ether oxygens (including phenoxy) is 3. The molecule has 0 amide bonds. The number of aryl methyl sites for hydroxylation is 2. The summed E-state index contributed by atoms with van der Waals surface area (Å²) in [7, 11) is 0. The predicted molar refractivity (Wildman–Crippen MR) is 139 cm³/mol. The number of carbonyl (C=O) groups is 1. The predicted octanol–water partition coefficient (Wildman–Crippen LogP) is 5.16. The van der Waals surface area contributed by atoms with Gasteiger partial charge in [0.15, 0.2) is 6.10 Å². The van der Waals surface area contributed by atoms with Gasteiger partial charge in [0.25, 0.3) is 0 Å². The Morgan fingerprint density at radius 2 is 2.03 bits per heavy atom. The van der Waals surface area contributed by atoms with E-state index in [0.29, 0.717) is 17.9 Å². The first-order valence-corrected chi connectivity index (χ1v) is 12.6. The largest absolute Gasteiger partial charge is 0.490 e. The standard InChI is InChI=1S/C28H35N3O5/c1-15-17(3)31(14-19-9-11-34-19)26-22(15)24(18-7-8-21-20(13-18)29-10-12-35-21)23(16(2)30-26)25(27(32)33)36-28(4,5)6/h7-8,13,19,25,29H,9-12,14H2,1-6H3,(H,32,33)/t19?,25-/m0/s1. The fraction of sp³-hybridized carbons (Fsp3) is 0.500. The van der Waals surface area contributed by atoms with Crippen molar-refractivity contribution >= 4 is 22.7 Å². The Kier molecular flexibility index (Phi) is 6.21. The van der Waals surface area contributed by atoms with E-state index in [9.17, 15) is 9.90 Å². The second-order valence-electron chi connectivity index (χ2n) is 10.7. The van der Waals surface area contributed by atoms with Crippen LogP contribution >= 0.6 is 0 Å². The number of fused-ring (bicyclic) bond motifs is 2. The smallest absolute Gasteiger partial charge is 0.337 e. The van der Waals surface area contributed by atoms with E-state index >= 15 is 0 Å². The number of benzene rings is 1. The fourth-order valence-electron chi connectivity index (χ4n) is 5.15. The van der Waals surface area contributed by atoms with Crippen LogP contribution in [0.2, 0.25) is 0 Å². The molecule has 0 bridgehead atoms. The lowest BCUT2D eigenvalue weighted by molar-refractivity contribution is -0.160. The molecule has 4 heterocycles. The molecule has 0 radical (unpaired) electrons. The first kappa shape index (κ1) is 24.6. The van der Waals surface area contributed by atoms with E-state index < -0.39 is 17.7 Å². The van der Waals surface area contributed by atoms with Crippen molar-refractivity contribution in [1.29, 1.82) is 0 Å². The van der Waals surface area contributed by atoms with Crippen molar-refractivity contribution in [3.63, 3.8) is 0 Å². The summed E-state index contributed by atoms with van der Waals surface area (Å²) in [5.41, 5.74) is 6.24. The zero-order valence-electron chi connectivity index (χ0n) is 21.9. The van der Waals surface area contributed by atoms with Gasteiger partial charge in [0, 0.05) is 41.1 Å². The lowest BCUT2D eigenvalue weighted by Gasteiger charge is -2.29. The van der Waals surface area contributed by atoms with Gasteiger partial charge in [0.1, 0.15) is 18.0 Å². The minimum absolute atomic E-state index is 0.171. The summed E-state index contributed by atoms with van der Waals surface area (Å²) in [5, 5.41) is 14.7. The maximum Gasteiger partial charge on any atom is 0.337 e. The summed E-state index contributed by atoms with van der Waals surface area (Å²) in [6.07, 6.45) is 0.0270. The third kappa shape index (κ3) is 4.33.